The van der Waals surface area contributed by atoms with E-state index >= 15 is 0 Å². The Balaban J connectivity index is 2.14. The molecule has 5 heteroatoms. The second kappa shape index (κ2) is 7.09. The van der Waals surface area contributed by atoms with Crippen molar-refractivity contribution >= 4 is 29.0 Å². The summed E-state index contributed by atoms with van der Waals surface area (Å²) in [6.45, 7) is 4.78. The van der Waals surface area contributed by atoms with Crippen molar-refractivity contribution < 1.29 is 4.79 Å². The number of halogens is 1. The molecule has 1 amide bonds. The molecule has 1 aromatic carbocycles. The Morgan fingerprint density at radius 2 is 1.95 bits per heavy atom. The van der Waals surface area contributed by atoms with Crippen molar-refractivity contribution in [3.8, 4) is 0 Å². The first-order valence-corrected chi connectivity index (χ1v) is 7.26. The predicted molar refractivity (Wildman–Crippen MR) is 87.2 cm³/mol. The molecule has 2 rings (SSSR count). The number of benzene rings is 1. The Labute approximate surface area is 129 Å². The second-order valence-electron chi connectivity index (χ2n) is 4.77. The fourth-order valence-corrected chi connectivity index (χ4v) is 2.01. The Bertz CT molecular complexity index is 626. The van der Waals surface area contributed by atoms with Crippen LogP contribution < -0.4 is 10.6 Å². The van der Waals surface area contributed by atoms with Crippen LogP contribution in [-0.4, -0.2) is 17.4 Å². The number of rotatable bonds is 5. The van der Waals surface area contributed by atoms with Crippen molar-refractivity contribution in [1.82, 2.24) is 4.98 Å². The van der Waals surface area contributed by atoms with E-state index in [1.54, 1.807) is 36.4 Å². The smallest absolute Gasteiger partial charge is 0.255 e. The van der Waals surface area contributed by atoms with Gasteiger partial charge in [-0.25, -0.2) is 4.98 Å². The van der Waals surface area contributed by atoms with E-state index in [0.717, 1.165) is 24.5 Å². The lowest BCUT2D eigenvalue weighted by molar-refractivity contribution is 0.102. The Morgan fingerprint density at radius 1 is 1.24 bits per heavy atom. The maximum atomic E-state index is 12.3. The maximum absolute atomic E-state index is 12.3. The number of hydrogen-bond acceptors (Lipinski definition) is 3. The molecule has 0 fully saturated rings. The first-order valence-electron chi connectivity index (χ1n) is 6.88. The Hall–Kier alpha value is -2.07. The molecule has 2 N–H and O–H groups in total. The summed E-state index contributed by atoms with van der Waals surface area (Å²) < 4.78 is 0. The minimum absolute atomic E-state index is 0.164. The number of carbonyl (C=O) groups is 1. The Morgan fingerprint density at radius 3 is 2.62 bits per heavy atom. The molecule has 1 heterocycles. The molecule has 0 bridgehead atoms. The zero-order valence-corrected chi connectivity index (χ0v) is 12.9. The van der Waals surface area contributed by atoms with Gasteiger partial charge in [0, 0.05) is 28.5 Å². The fraction of sp³-hybridized carbons (Fsp3) is 0.250. The highest BCUT2D eigenvalue weighted by atomic mass is 35.5. The van der Waals surface area contributed by atoms with Gasteiger partial charge in [0.1, 0.15) is 5.82 Å². The molecule has 4 nitrogen and oxygen atoms in total. The summed E-state index contributed by atoms with van der Waals surface area (Å²) in [6, 6.07) is 10.5. The van der Waals surface area contributed by atoms with Crippen molar-refractivity contribution in [3.05, 3.63) is 52.7 Å². The van der Waals surface area contributed by atoms with Crippen LogP contribution in [0, 0.1) is 6.92 Å². The lowest BCUT2D eigenvalue weighted by atomic mass is 10.2. The topological polar surface area (TPSA) is 54.0 Å². The predicted octanol–water partition coefficient (Wildman–Crippen LogP) is 4.12. The average molecular weight is 304 g/mol. The largest absolute Gasteiger partial charge is 0.370 e. The third-order valence-corrected chi connectivity index (χ3v) is 3.13. The average Bonchev–Trinajstić information content (AvgIpc) is 2.47. The van der Waals surface area contributed by atoms with E-state index in [1.807, 2.05) is 6.92 Å². The number of carbonyl (C=O) groups excluding carboxylic acids is 1. The van der Waals surface area contributed by atoms with Gasteiger partial charge in [-0.05, 0) is 49.7 Å². The van der Waals surface area contributed by atoms with E-state index < -0.39 is 0 Å². The number of anilines is 2. The van der Waals surface area contributed by atoms with Crippen LogP contribution >= 0.6 is 11.6 Å². The van der Waals surface area contributed by atoms with Crippen LogP contribution in [-0.2, 0) is 0 Å². The van der Waals surface area contributed by atoms with Gasteiger partial charge in [0.25, 0.3) is 5.91 Å². The van der Waals surface area contributed by atoms with Crippen molar-refractivity contribution in [1.29, 1.82) is 0 Å². The molecule has 0 saturated carbocycles. The summed E-state index contributed by atoms with van der Waals surface area (Å²) >= 11 is 5.83. The monoisotopic (exact) mass is 303 g/mol. The third kappa shape index (κ3) is 4.46. The molecule has 0 aliphatic carbocycles. The van der Waals surface area contributed by atoms with Crippen molar-refractivity contribution in [2.75, 3.05) is 17.2 Å². The molecule has 0 aliphatic heterocycles. The number of hydrogen-bond donors (Lipinski definition) is 2. The molecule has 1 aromatic heterocycles. The van der Waals surface area contributed by atoms with Gasteiger partial charge in [-0.3, -0.25) is 4.79 Å². The number of aromatic nitrogens is 1. The molecule has 0 aliphatic rings. The first kappa shape index (κ1) is 15.3. The highest BCUT2D eigenvalue weighted by Gasteiger charge is 2.09. The second-order valence-corrected chi connectivity index (χ2v) is 5.21. The van der Waals surface area contributed by atoms with Gasteiger partial charge in [0.2, 0.25) is 0 Å². The SMILES string of the molecule is CCCNc1cc(C(=O)Nc2ccc(Cl)cc2)cc(C)n1. The molecular formula is C16H18ClN3O. The van der Waals surface area contributed by atoms with Crippen molar-refractivity contribution in [2.45, 2.75) is 20.3 Å². The molecule has 21 heavy (non-hydrogen) atoms. The highest BCUT2D eigenvalue weighted by Crippen LogP contribution is 2.16. The maximum Gasteiger partial charge on any atom is 0.255 e. The minimum Gasteiger partial charge on any atom is -0.370 e. The summed E-state index contributed by atoms with van der Waals surface area (Å²) in [5.41, 5.74) is 2.09. The normalized spacial score (nSPS) is 10.2. The zero-order valence-electron chi connectivity index (χ0n) is 12.1. The van der Waals surface area contributed by atoms with Crippen molar-refractivity contribution in [3.63, 3.8) is 0 Å². The van der Waals surface area contributed by atoms with Gasteiger partial charge >= 0.3 is 0 Å². The lowest BCUT2D eigenvalue weighted by Crippen LogP contribution is -2.13. The van der Waals surface area contributed by atoms with Gasteiger partial charge in [0.15, 0.2) is 0 Å². The van der Waals surface area contributed by atoms with Crippen LogP contribution in [0.1, 0.15) is 29.4 Å². The van der Waals surface area contributed by atoms with Gasteiger partial charge in [-0.15, -0.1) is 0 Å². The van der Waals surface area contributed by atoms with E-state index in [-0.39, 0.29) is 5.91 Å². The number of amides is 1. The van der Waals surface area contributed by atoms with E-state index in [4.69, 9.17) is 11.6 Å². The van der Waals surface area contributed by atoms with E-state index in [9.17, 15) is 4.79 Å². The molecule has 0 spiro atoms. The molecule has 2 aromatic rings. The Kier molecular flexibility index (Phi) is 5.17. The molecule has 0 atom stereocenters. The van der Waals surface area contributed by atoms with E-state index in [2.05, 4.69) is 22.5 Å². The molecule has 110 valence electrons. The van der Waals surface area contributed by atoms with Crippen molar-refractivity contribution in [2.24, 2.45) is 0 Å². The third-order valence-electron chi connectivity index (χ3n) is 2.87. The summed E-state index contributed by atoms with van der Waals surface area (Å²) in [7, 11) is 0. The zero-order chi connectivity index (χ0) is 15.2. The summed E-state index contributed by atoms with van der Waals surface area (Å²) in [5.74, 6) is 0.556. The number of pyridine rings is 1. The quantitative estimate of drug-likeness (QED) is 0.873. The molecular weight excluding hydrogens is 286 g/mol. The van der Waals surface area contributed by atoms with E-state index in [0.29, 0.717) is 16.3 Å². The van der Waals surface area contributed by atoms with Crippen LogP contribution in [0.2, 0.25) is 5.02 Å². The van der Waals surface area contributed by atoms with Crippen LogP contribution in [0.25, 0.3) is 0 Å². The standard InChI is InChI=1S/C16H18ClN3O/c1-3-8-18-15-10-12(9-11(2)19-15)16(21)20-14-6-4-13(17)5-7-14/h4-7,9-10H,3,8H2,1-2H3,(H,18,19)(H,20,21). The van der Waals surface area contributed by atoms with Gasteiger partial charge < -0.3 is 10.6 Å². The van der Waals surface area contributed by atoms with E-state index in [1.165, 1.54) is 0 Å². The fourth-order valence-electron chi connectivity index (χ4n) is 1.88. The summed E-state index contributed by atoms with van der Waals surface area (Å²) in [6.07, 6.45) is 1.00. The number of nitrogens with one attached hydrogen (secondary N) is 2. The minimum atomic E-state index is -0.164. The van der Waals surface area contributed by atoms with Crippen LogP contribution in [0.5, 0.6) is 0 Å². The van der Waals surface area contributed by atoms with Gasteiger partial charge in [-0.2, -0.15) is 0 Å². The van der Waals surface area contributed by atoms with Gasteiger partial charge in [-0.1, -0.05) is 18.5 Å². The summed E-state index contributed by atoms with van der Waals surface area (Å²) in [5, 5.41) is 6.67. The van der Waals surface area contributed by atoms with Gasteiger partial charge in [0.05, 0.1) is 0 Å². The number of nitrogens with zero attached hydrogens (tertiary/aromatic N) is 1. The first-order chi connectivity index (χ1) is 10.1. The van der Waals surface area contributed by atoms with Crippen LogP contribution in [0.3, 0.4) is 0 Å². The lowest BCUT2D eigenvalue weighted by Gasteiger charge is -2.09. The van der Waals surface area contributed by atoms with Crippen LogP contribution in [0.4, 0.5) is 11.5 Å². The summed E-state index contributed by atoms with van der Waals surface area (Å²) in [4.78, 5) is 16.6. The molecule has 0 radical (unpaired) electrons. The highest BCUT2D eigenvalue weighted by molar-refractivity contribution is 6.30. The van der Waals surface area contributed by atoms with Crippen LogP contribution in [0.15, 0.2) is 36.4 Å². The number of aryl methyl sites for hydroxylation is 1. The molecule has 0 saturated heterocycles. The molecule has 0 unspecified atom stereocenters.